The molecule has 4 rings (SSSR count). The highest BCUT2D eigenvalue weighted by Crippen LogP contribution is 2.45. The lowest BCUT2D eigenvalue weighted by Gasteiger charge is -2.21. The summed E-state index contributed by atoms with van der Waals surface area (Å²) in [5.74, 6) is -0.432. The van der Waals surface area contributed by atoms with Crippen LogP contribution in [0.3, 0.4) is 0 Å². The van der Waals surface area contributed by atoms with Crippen LogP contribution in [0.2, 0.25) is 0 Å². The molecular weight excluding hydrogens is 426 g/mol. The molecule has 0 saturated heterocycles. The lowest BCUT2D eigenvalue weighted by Crippen LogP contribution is -2.25. The Kier molecular flexibility index (Phi) is 5.13. The van der Waals surface area contributed by atoms with Crippen LogP contribution in [0.25, 0.3) is 11.3 Å². The van der Waals surface area contributed by atoms with Gasteiger partial charge in [0.05, 0.1) is 5.69 Å². The molecule has 1 amide bonds. The molecule has 9 heteroatoms. The van der Waals surface area contributed by atoms with Crippen LogP contribution >= 0.6 is 11.6 Å². The van der Waals surface area contributed by atoms with Crippen molar-refractivity contribution in [2.75, 3.05) is 23.8 Å². The number of carbonyl (C=O) groups is 1. The summed E-state index contributed by atoms with van der Waals surface area (Å²) in [6, 6.07) is 11.1. The van der Waals surface area contributed by atoms with Gasteiger partial charge in [-0.05, 0) is 48.0 Å². The molecule has 2 aromatic carbocycles. The molecule has 1 aromatic heterocycles. The molecule has 2 heterocycles. The minimum absolute atomic E-state index is 0.0974. The van der Waals surface area contributed by atoms with Gasteiger partial charge in [0, 0.05) is 59.3 Å². The van der Waals surface area contributed by atoms with Crippen LogP contribution in [-0.2, 0) is 5.41 Å². The molecule has 2 N–H and O–H groups in total. The standard InChI is InChI=1S/C22H21ClF2N4O2/c1-21(2)12-29(3)18-11-13(10-16(19(18)21)17-8-9-26-28-17)20(30)27-14-4-6-15(7-5-14)31-22(23,24)25/h4-11H,12H2,1-3H3,(H,26,28)(H,27,30). The predicted octanol–water partition coefficient (Wildman–Crippen LogP) is 5.22. The zero-order valence-electron chi connectivity index (χ0n) is 17.2. The molecule has 3 aromatic rings. The van der Waals surface area contributed by atoms with Gasteiger partial charge in [0.2, 0.25) is 0 Å². The average Bonchev–Trinajstić information content (AvgIpc) is 3.28. The van der Waals surface area contributed by atoms with Crippen LogP contribution in [0, 0.1) is 0 Å². The maximum Gasteiger partial charge on any atom is 0.487 e. The molecule has 31 heavy (non-hydrogen) atoms. The van der Waals surface area contributed by atoms with Gasteiger partial charge in [-0.15, -0.1) is 8.78 Å². The molecule has 0 bridgehead atoms. The number of alkyl halides is 3. The van der Waals surface area contributed by atoms with Crippen molar-refractivity contribution in [1.82, 2.24) is 10.2 Å². The highest BCUT2D eigenvalue weighted by molar-refractivity contribution is 6.20. The summed E-state index contributed by atoms with van der Waals surface area (Å²) in [7, 11) is 2.00. The molecule has 0 radical (unpaired) electrons. The first kappa shape index (κ1) is 21.1. The molecule has 0 fully saturated rings. The first-order valence-corrected chi connectivity index (χ1v) is 9.98. The van der Waals surface area contributed by atoms with Crippen molar-refractivity contribution >= 4 is 28.9 Å². The smallest absolute Gasteiger partial charge is 0.420 e. The Morgan fingerprint density at radius 1 is 1.26 bits per heavy atom. The Morgan fingerprint density at radius 2 is 1.97 bits per heavy atom. The number of H-pyrrole nitrogens is 1. The van der Waals surface area contributed by atoms with E-state index in [0.717, 1.165) is 29.1 Å². The lowest BCUT2D eigenvalue weighted by molar-refractivity contribution is -0.0964. The van der Waals surface area contributed by atoms with E-state index < -0.39 is 5.57 Å². The molecule has 0 spiro atoms. The second-order valence-corrected chi connectivity index (χ2v) is 8.59. The second-order valence-electron chi connectivity index (χ2n) is 8.15. The van der Waals surface area contributed by atoms with Crippen LogP contribution < -0.4 is 15.0 Å². The molecule has 1 aliphatic rings. The topological polar surface area (TPSA) is 70.2 Å². The number of halogens is 3. The maximum absolute atomic E-state index is 13.0. The number of aromatic nitrogens is 2. The number of nitrogens with zero attached hydrogens (tertiary/aromatic N) is 2. The van der Waals surface area contributed by atoms with E-state index in [1.807, 2.05) is 25.2 Å². The highest BCUT2D eigenvalue weighted by atomic mass is 35.5. The molecule has 162 valence electrons. The number of likely N-dealkylation sites (N-methyl/N-ethyl adjacent to an activating group) is 1. The van der Waals surface area contributed by atoms with Gasteiger partial charge in [-0.3, -0.25) is 9.89 Å². The normalized spacial score (nSPS) is 15.0. The van der Waals surface area contributed by atoms with Gasteiger partial charge >= 0.3 is 5.57 Å². The summed E-state index contributed by atoms with van der Waals surface area (Å²) < 4.78 is 29.8. The first-order valence-electron chi connectivity index (χ1n) is 9.60. The van der Waals surface area contributed by atoms with E-state index in [1.54, 1.807) is 6.20 Å². The van der Waals surface area contributed by atoms with Gasteiger partial charge in [-0.25, -0.2) is 0 Å². The molecule has 0 saturated carbocycles. The number of hydrogen-bond acceptors (Lipinski definition) is 4. The quantitative estimate of drug-likeness (QED) is 0.527. The number of aromatic amines is 1. The Balaban J connectivity index is 1.65. The number of benzene rings is 2. The van der Waals surface area contributed by atoms with Crippen LogP contribution in [0.15, 0.2) is 48.7 Å². The zero-order valence-corrected chi connectivity index (χ0v) is 17.9. The average molecular weight is 447 g/mol. The SMILES string of the molecule is CN1CC(C)(C)c2c(-c3ccn[nH]3)cc(C(=O)Nc3ccc(OC(F)(F)Cl)cc3)cc21. The fraction of sp³-hybridized carbons (Fsp3) is 0.273. The minimum Gasteiger partial charge on any atom is -0.420 e. The molecular formula is C22H21ClF2N4O2. The summed E-state index contributed by atoms with van der Waals surface area (Å²) >= 11 is 4.77. The summed E-state index contributed by atoms with van der Waals surface area (Å²) in [5, 5.41) is 9.83. The van der Waals surface area contributed by atoms with Gasteiger partial charge < -0.3 is 15.0 Å². The third-order valence-corrected chi connectivity index (χ3v) is 5.31. The van der Waals surface area contributed by atoms with Crippen molar-refractivity contribution in [3.8, 4) is 17.0 Å². The number of anilines is 2. The molecule has 0 atom stereocenters. The Bertz CT molecular complexity index is 1110. The van der Waals surface area contributed by atoms with Gasteiger partial charge in [0.1, 0.15) is 5.75 Å². The molecule has 1 aliphatic heterocycles. The summed E-state index contributed by atoms with van der Waals surface area (Å²) in [6.07, 6.45) is 1.67. The highest BCUT2D eigenvalue weighted by Gasteiger charge is 2.37. The third kappa shape index (κ3) is 4.34. The number of rotatable bonds is 5. The molecule has 0 aliphatic carbocycles. The second kappa shape index (κ2) is 7.53. The monoisotopic (exact) mass is 446 g/mol. The van der Waals surface area contributed by atoms with Crippen molar-refractivity contribution in [3.05, 3.63) is 59.8 Å². The maximum atomic E-state index is 13.0. The minimum atomic E-state index is -3.79. The van der Waals surface area contributed by atoms with E-state index in [4.69, 9.17) is 11.6 Å². The van der Waals surface area contributed by atoms with Crippen LogP contribution in [0.5, 0.6) is 5.75 Å². The van der Waals surface area contributed by atoms with Crippen molar-refractivity contribution in [3.63, 3.8) is 0 Å². The van der Waals surface area contributed by atoms with Crippen LogP contribution in [-0.4, -0.2) is 35.3 Å². The number of carbonyl (C=O) groups excluding carboxylic acids is 1. The Hall–Kier alpha value is -3.13. The van der Waals surface area contributed by atoms with E-state index in [2.05, 4.69) is 39.0 Å². The van der Waals surface area contributed by atoms with Crippen LogP contribution in [0.4, 0.5) is 20.2 Å². The Labute approximate surface area is 183 Å². The fourth-order valence-corrected chi connectivity index (χ4v) is 4.18. The van der Waals surface area contributed by atoms with E-state index in [-0.39, 0.29) is 17.1 Å². The number of nitrogens with one attached hydrogen (secondary N) is 2. The van der Waals surface area contributed by atoms with E-state index in [9.17, 15) is 13.6 Å². The number of fused-ring (bicyclic) bond motifs is 1. The van der Waals surface area contributed by atoms with E-state index >= 15 is 0 Å². The Morgan fingerprint density at radius 3 is 2.58 bits per heavy atom. The largest absolute Gasteiger partial charge is 0.487 e. The van der Waals surface area contributed by atoms with Gasteiger partial charge in [0.25, 0.3) is 5.91 Å². The van der Waals surface area contributed by atoms with Crippen molar-refractivity contribution < 1.29 is 18.3 Å². The first-order chi connectivity index (χ1) is 14.5. The number of ether oxygens (including phenoxy) is 1. The van der Waals surface area contributed by atoms with Gasteiger partial charge in [-0.1, -0.05) is 13.8 Å². The van der Waals surface area contributed by atoms with Gasteiger partial charge in [-0.2, -0.15) is 5.10 Å². The third-order valence-electron chi connectivity index (χ3n) is 5.24. The van der Waals surface area contributed by atoms with Crippen molar-refractivity contribution in [1.29, 1.82) is 0 Å². The number of hydrogen-bond donors (Lipinski definition) is 2. The fourth-order valence-electron chi connectivity index (χ4n) is 4.09. The van der Waals surface area contributed by atoms with Crippen molar-refractivity contribution in [2.24, 2.45) is 0 Å². The van der Waals surface area contributed by atoms with E-state index in [0.29, 0.717) is 11.3 Å². The van der Waals surface area contributed by atoms with E-state index in [1.165, 1.54) is 24.3 Å². The lowest BCUT2D eigenvalue weighted by atomic mass is 9.82. The van der Waals surface area contributed by atoms with Crippen molar-refractivity contribution in [2.45, 2.75) is 24.8 Å². The predicted molar refractivity (Wildman–Crippen MR) is 116 cm³/mol. The number of amides is 1. The molecule has 6 nitrogen and oxygen atoms in total. The molecule has 0 unspecified atom stereocenters. The van der Waals surface area contributed by atoms with Crippen LogP contribution in [0.1, 0.15) is 29.8 Å². The zero-order chi connectivity index (χ0) is 22.4. The summed E-state index contributed by atoms with van der Waals surface area (Å²) in [4.78, 5) is 15.1. The van der Waals surface area contributed by atoms with Gasteiger partial charge in [0.15, 0.2) is 0 Å². The summed E-state index contributed by atoms with van der Waals surface area (Å²) in [5.41, 5.74) is 0.904. The summed E-state index contributed by atoms with van der Waals surface area (Å²) in [6.45, 7) is 5.16.